The minimum absolute atomic E-state index is 0.274. The minimum atomic E-state index is -0.274. The van der Waals surface area contributed by atoms with Gasteiger partial charge in [-0.25, -0.2) is 0 Å². The Bertz CT molecular complexity index is 656. The SMILES string of the molecule is CC1(C)Oc2cc(CCCC3CC3)cc(O)c2C2=C1CCNC2. The summed E-state index contributed by atoms with van der Waals surface area (Å²) in [5.41, 5.74) is 4.41. The molecule has 4 rings (SSSR count). The Labute approximate surface area is 138 Å². The number of rotatable bonds is 4. The number of hydrogen-bond acceptors (Lipinski definition) is 3. The van der Waals surface area contributed by atoms with Crippen LogP contribution in [0.15, 0.2) is 17.7 Å². The van der Waals surface area contributed by atoms with Crippen LogP contribution in [0.25, 0.3) is 5.57 Å². The summed E-state index contributed by atoms with van der Waals surface area (Å²) in [4.78, 5) is 0. The van der Waals surface area contributed by atoms with Gasteiger partial charge in [-0.2, -0.15) is 0 Å². The summed E-state index contributed by atoms with van der Waals surface area (Å²) < 4.78 is 6.30. The highest BCUT2D eigenvalue weighted by Crippen LogP contribution is 2.47. The first kappa shape index (κ1) is 15.1. The molecule has 23 heavy (non-hydrogen) atoms. The van der Waals surface area contributed by atoms with Crippen LogP contribution in [0, 0.1) is 5.92 Å². The zero-order valence-electron chi connectivity index (χ0n) is 14.2. The van der Waals surface area contributed by atoms with E-state index in [9.17, 15) is 5.11 Å². The monoisotopic (exact) mass is 313 g/mol. The number of aromatic hydroxyl groups is 1. The molecular formula is C20H27NO2. The quantitative estimate of drug-likeness (QED) is 0.881. The van der Waals surface area contributed by atoms with Gasteiger partial charge in [0.1, 0.15) is 17.1 Å². The number of hydrogen-bond donors (Lipinski definition) is 2. The van der Waals surface area contributed by atoms with Gasteiger partial charge in [-0.15, -0.1) is 0 Å². The number of phenolic OH excluding ortho intramolecular Hbond substituents is 1. The number of aryl methyl sites for hydroxylation is 1. The Morgan fingerprint density at radius 1 is 1.30 bits per heavy atom. The average molecular weight is 313 g/mol. The molecule has 124 valence electrons. The Kier molecular flexibility index (Phi) is 3.64. The fourth-order valence-corrected chi connectivity index (χ4v) is 4.11. The average Bonchev–Trinajstić information content (AvgIpc) is 3.30. The van der Waals surface area contributed by atoms with E-state index >= 15 is 0 Å². The van der Waals surface area contributed by atoms with Crippen LogP contribution in [0.3, 0.4) is 0 Å². The van der Waals surface area contributed by atoms with Crippen molar-refractivity contribution >= 4 is 5.57 Å². The van der Waals surface area contributed by atoms with E-state index in [4.69, 9.17) is 4.74 Å². The van der Waals surface area contributed by atoms with Gasteiger partial charge in [0.05, 0.1) is 5.56 Å². The molecule has 2 N–H and O–H groups in total. The third-order valence-corrected chi connectivity index (χ3v) is 5.53. The number of nitrogens with one attached hydrogen (secondary N) is 1. The minimum Gasteiger partial charge on any atom is -0.507 e. The van der Waals surface area contributed by atoms with Gasteiger partial charge >= 0.3 is 0 Å². The third-order valence-electron chi connectivity index (χ3n) is 5.53. The van der Waals surface area contributed by atoms with Crippen molar-refractivity contribution in [1.29, 1.82) is 0 Å². The zero-order chi connectivity index (χ0) is 16.0. The number of phenols is 1. The van der Waals surface area contributed by atoms with Crippen molar-refractivity contribution in [3.63, 3.8) is 0 Å². The molecule has 1 aromatic carbocycles. The molecule has 3 heteroatoms. The standard InChI is InChI=1S/C20H27NO2/c1-20(2)16-8-9-21-12-15(16)19-17(22)10-14(11-18(19)23-20)5-3-4-13-6-7-13/h10-11,13,21-22H,3-9,12H2,1-2H3. The van der Waals surface area contributed by atoms with E-state index in [1.807, 2.05) is 6.07 Å². The maximum absolute atomic E-state index is 10.6. The van der Waals surface area contributed by atoms with Crippen molar-refractivity contribution in [3.8, 4) is 11.5 Å². The summed E-state index contributed by atoms with van der Waals surface area (Å²) >= 11 is 0. The lowest BCUT2D eigenvalue weighted by molar-refractivity contribution is 0.137. The van der Waals surface area contributed by atoms with Gasteiger partial charge in [-0.05, 0) is 74.4 Å². The predicted octanol–water partition coefficient (Wildman–Crippen LogP) is 4.04. The predicted molar refractivity (Wildman–Crippen MR) is 92.9 cm³/mol. The highest BCUT2D eigenvalue weighted by molar-refractivity contribution is 5.82. The van der Waals surface area contributed by atoms with Crippen molar-refractivity contribution in [2.24, 2.45) is 5.92 Å². The summed E-state index contributed by atoms with van der Waals surface area (Å²) in [5.74, 6) is 2.21. The van der Waals surface area contributed by atoms with E-state index in [-0.39, 0.29) is 5.60 Å². The van der Waals surface area contributed by atoms with Crippen molar-refractivity contribution in [1.82, 2.24) is 5.32 Å². The number of ether oxygens (including phenoxy) is 1. The molecule has 0 spiro atoms. The number of fused-ring (bicyclic) bond motifs is 2. The van der Waals surface area contributed by atoms with Crippen LogP contribution in [0.4, 0.5) is 0 Å². The molecule has 0 aromatic heterocycles. The largest absolute Gasteiger partial charge is 0.507 e. The molecule has 2 heterocycles. The highest BCUT2D eigenvalue weighted by Gasteiger charge is 2.37. The van der Waals surface area contributed by atoms with Gasteiger partial charge in [-0.1, -0.05) is 19.3 Å². The summed E-state index contributed by atoms with van der Waals surface area (Å²) in [7, 11) is 0. The van der Waals surface area contributed by atoms with E-state index in [0.717, 1.165) is 43.2 Å². The topological polar surface area (TPSA) is 41.5 Å². The van der Waals surface area contributed by atoms with Crippen molar-refractivity contribution in [2.75, 3.05) is 13.1 Å². The van der Waals surface area contributed by atoms with Crippen LogP contribution in [-0.4, -0.2) is 23.8 Å². The molecule has 1 saturated carbocycles. The maximum atomic E-state index is 10.6. The molecule has 0 bridgehead atoms. The van der Waals surface area contributed by atoms with E-state index in [1.54, 1.807) is 0 Å². The first-order valence-electron chi connectivity index (χ1n) is 9.03. The van der Waals surface area contributed by atoms with Crippen LogP contribution >= 0.6 is 0 Å². The molecule has 0 radical (unpaired) electrons. The maximum Gasteiger partial charge on any atom is 0.132 e. The lowest BCUT2D eigenvalue weighted by Gasteiger charge is -2.40. The Balaban J connectivity index is 1.65. The number of benzene rings is 1. The second-order valence-electron chi connectivity index (χ2n) is 7.82. The molecule has 3 aliphatic rings. The van der Waals surface area contributed by atoms with Crippen LogP contribution in [0.5, 0.6) is 11.5 Å². The molecular weight excluding hydrogens is 286 g/mol. The van der Waals surface area contributed by atoms with Crippen molar-refractivity contribution < 1.29 is 9.84 Å². The second-order valence-corrected chi connectivity index (χ2v) is 7.82. The zero-order valence-corrected chi connectivity index (χ0v) is 14.2. The Morgan fingerprint density at radius 3 is 2.91 bits per heavy atom. The van der Waals surface area contributed by atoms with E-state index in [2.05, 4.69) is 25.2 Å². The Hall–Kier alpha value is -1.48. The molecule has 0 saturated heterocycles. The summed E-state index contributed by atoms with van der Waals surface area (Å²) in [6.07, 6.45) is 7.38. The van der Waals surface area contributed by atoms with Gasteiger partial charge < -0.3 is 15.2 Å². The lowest BCUT2D eigenvalue weighted by Crippen LogP contribution is -2.40. The van der Waals surface area contributed by atoms with Crippen LogP contribution in [0.2, 0.25) is 0 Å². The van der Waals surface area contributed by atoms with Crippen molar-refractivity contribution in [2.45, 2.75) is 58.0 Å². The second kappa shape index (κ2) is 5.55. The molecule has 1 fully saturated rings. The van der Waals surface area contributed by atoms with E-state index in [1.165, 1.54) is 42.4 Å². The molecule has 0 amide bonds. The smallest absolute Gasteiger partial charge is 0.132 e. The molecule has 0 unspecified atom stereocenters. The first-order valence-corrected chi connectivity index (χ1v) is 9.03. The Morgan fingerprint density at radius 2 is 2.13 bits per heavy atom. The van der Waals surface area contributed by atoms with Crippen LogP contribution < -0.4 is 10.1 Å². The van der Waals surface area contributed by atoms with Gasteiger partial charge in [0.15, 0.2) is 0 Å². The van der Waals surface area contributed by atoms with E-state index < -0.39 is 0 Å². The summed E-state index contributed by atoms with van der Waals surface area (Å²) in [5, 5.41) is 14.1. The van der Waals surface area contributed by atoms with Crippen molar-refractivity contribution in [3.05, 3.63) is 28.8 Å². The molecule has 3 nitrogen and oxygen atoms in total. The van der Waals surface area contributed by atoms with E-state index in [0.29, 0.717) is 5.75 Å². The molecule has 1 aromatic rings. The summed E-state index contributed by atoms with van der Waals surface area (Å²) in [6, 6.07) is 4.11. The van der Waals surface area contributed by atoms with Gasteiger partial charge in [0.2, 0.25) is 0 Å². The lowest BCUT2D eigenvalue weighted by atomic mass is 9.81. The van der Waals surface area contributed by atoms with Crippen LogP contribution in [0.1, 0.15) is 57.1 Å². The highest BCUT2D eigenvalue weighted by atomic mass is 16.5. The molecule has 0 atom stereocenters. The first-order chi connectivity index (χ1) is 11.0. The van der Waals surface area contributed by atoms with Gasteiger partial charge in [0, 0.05) is 6.54 Å². The molecule has 2 aliphatic heterocycles. The van der Waals surface area contributed by atoms with Gasteiger partial charge in [-0.3, -0.25) is 0 Å². The fourth-order valence-electron chi connectivity index (χ4n) is 4.11. The van der Waals surface area contributed by atoms with Crippen LogP contribution in [-0.2, 0) is 6.42 Å². The third kappa shape index (κ3) is 2.87. The van der Waals surface area contributed by atoms with Gasteiger partial charge in [0.25, 0.3) is 0 Å². The normalized spacial score (nSPS) is 22.3. The summed E-state index contributed by atoms with van der Waals surface area (Å²) in [6.45, 7) is 6.10. The molecule has 1 aliphatic carbocycles. The fraction of sp³-hybridized carbons (Fsp3) is 0.600.